The molecule has 2 heterocycles. The lowest BCUT2D eigenvalue weighted by Gasteiger charge is -2.17. The zero-order valence-corrected chi connectivity index (χ0v) is 12.1. The molecule has 104 valence electrons. The van der Waals surface area contributed by atoms with E-state index >= 15 is 0 Å². The van der Waals surface area contributed by atoms with Crippen LogP contribution in [0.1, 0.15) is 26.0 Å². The van der Waals surface area contributed by atoms with E-state index in [1.165, 1.54) is 0 Å². The molecular weight excluding hydrogens is 262 g/mol. The molecule has 4 nitrogen and oxygen atoms in total. The van der Waals surface area contributed by atoms with Gasteiger partial charge in [0, 0.05) is 25.0 Å². The highest BCUT2D eigenvalue weighted by Gasteiger charge is 2.10. The second-order valence-corrected chi connectivity index (χ2v) is 5.67. The van der Waals surface area contributed by atoms with Gasteiger partial charge in [0.15, 0.2) is 0 Å². The Labute approximate surface area is 118 Å². The Balaban J connectivity index is 2.01. The molecule has 0 saturated heterocycles. The molecule has 2 aromatic rings. The van der Waals surface area contributed by atoms with Gasteiger partial charge in [-0.15, -0.1) is 0 Å². The Kier molecular flexibility index (Phi) is 4.80. The van der Waals surface area contributed by atoms with Crippen molar-refractivity contribution in [3.63, 3.8) is 0 Å². The van der Waals surface area contributed by atoms with Crippen LogP contribution in [0.5, 0.6) is 0 Å². The van der Waals surface area contributed by atoms with E-state index in [2.05, 4.69) is 24.1 Å². The summed E-state index contributed by atoms with van der Waals surface area (Å²) in [5.41, 5.74) is 1.83. The van der Waals surface area contributed by atoms with Gasteiger partial charge in [-0.3, -0.25) is 0 Å². The van der Waals surface area contributed by atoms with Crippen LogP contribution in [0.3, 0.4) is 0 Å². The largest absolute Gasteiger partial charge is 0.395 e. The van der Waals surface area contributed by atoms with Crippen LogP contribution in [0.25, 0.3) is 5.65 Å². The third-order valence-electron chi connectivity index (χ3n) is 3.01. The highest BCUT2D eigenvalue weighted by atomic mass is 35.5. The summed E-state index contributed by atoms with van der Waals surface area (Å²) in [7, 11) is 0. The molecule has 0 saturated carbocycles. The van der Waals surface area contributed by atoms with Gasteiger partial charge in [-0.1, -0.05) is 25.4 Å². The first-order valence-corrected chi connectivity index (χ1v) is 6.93. The molecule has 0 aliphatic rings. The van der Waals surface area contributed by atoms with Gasteiger partial charge in [0.25, 0.3) is 0 Å². The molecule has 0 aromatic carbocycles. The van der Waals surface area contributed by atoms with E-state index in [-0.39, 0.29) is 12.6 Å². The Hall–Kier alpha value is -1.10. The summed E-state index contributed by atoms with van der Waals surface area (Å²) in [5.74, 6) is 0.560. The summed E-state index contributed by atoms with van der Waals surface area (Å²) in [6, 6.07) is 3.84. The van der Waals surface area contributed by atoms with Crippen molar-refractivity contribution in [3.8, 4) is 0 Å². The molecule has 2 aromatic heterocycles. The Morgan fingerprint density at radius 1 is 1.37 bits per heavy atom. The topological polar surface area (TPSA) is 49.6 Å². The van der Waals surface area contributed by atoms with E-state index in [4.69, 9.17) is 11.6 Å². The van der Waals surface area contributed by atoms with E-state index in [0.717, 1.165) is 17.8 Å². The molecule has 0 spiro atoms. The van der Waals surface area contributed by atoms with Crippen LogP contribution in [0.15, 0.2) is 24.5 Å². The number of pyridine rings is 1. The Morgan fingerprint density at radius 3 is 2.84 bits per heavy atom. The smallest absolute Gasteiger partial charge is 0.137 e. The van der Waals surface area contributed by atoms with Crippen LogP contribution in [-0.4, -0.2) is 27.1 Å². The second-order valence-electron chi connectivity index (χ2n) is 5.23. The van der Waals surface area contributed by atoms with Gasteiger partial charge in [0.1, 0.15) is 5.65 Å². The number of rotatable bonds is 6. The van der Waals surface area contributed by atoms with Gasteiger partial charge < -0.3 is 14.8 Å². The number of fused-ring (bicyclic) bond motifs is 1. The fourth-order valence-electron chi connectivity index (χ4n) is 2.14. The molecule has 1 atom stereocenters. The van der Waals surface area contributed by atoms with Gasteiger partial charge in [-0.05, 0) is 24.5 Å². The molecule has 0 bridgehead atoms. The van der Waals surface area contributed by atoms with Crippen molar-refractivity contribution in [2.45, 2.75) is 32.9 Å². The number of nitrogens with zero attached hydrogens (tertiary/aromatic N) is 2. The first kappa shape index (κ1) is 14.3. The van der Waals surface area contributed by atoms with E-state index in [0.29, 0.717) is 17.5 Å². The van der Waals surface area contributed by atoms with E-state index in [9.17, 15) is 5.11 Å². The van der Waals surface area contributed by atoms with Crippen LogP contribution in [-0.2, 0) is 6.54 Å². The molecular formula is C14H20ClN3O. The lowest BCUT2D eigenvalue weighted by atomic mass is 10.0. The minimum Gasteiger partial charge on any atom is -0.395 e. The Bertz CT molecular complexity index is 538. The quantitative estimate of drug-likeness (QED) is 0.855. The number of nitrogens with one attached hydrogen (secondary N) is 1. The SMILES string of the molecule is CC(C)CC(CO)NCc1cn2cc(Cl)ccc2n1. The fourth-order valence-corrected chi connectivity index (χ4v) is 2.31. The number of imidazole rings is 1. The molecule has 19 heavy (non-hydrogen) atoms. The van der Waals surface area contributed by atoms with Crippen molar-refractivity contribution in [3.05, 3.63) is 35.2 Å². The lowest BCUT2D eigenvalue weighted by molar-refractivity contribution is 0.223. The van der Waals surface area contributed by atoms with E-state index in [1.54, 1.807) is 0 Å². The van der Waals surface area contributed by atoms with E-state index in [1.807, 2.05) is 28.9 Å². The summed E-state index contributed by atoms with van der Waals surface area (Å²) in [5, 5.41) is 13.3. The molecule has 2 rings (SSSR count). The van der Waals surface area contributed by atoms with Gasteiger partial charge in [0.05, 0.1) is 17.3 Å². The molecule has 0 aliphatic carbocycles. The monoisotopic (exact) mass is 281 g/mol. The first-order chi connectivity index (χ1) is 9.08. The third-order valence-corrected chi connectivity index (χ3v) is 3.24. The van der Waals surface area contributed by atoms with E-state index < -0.39 is 0 Å². The standard InChI is InChI=1S/C14H20ClN3O/c1-10(2)5-12(9-19)16-6-13-8-18-7-11(15)3-4-14(18)17-13/h3-4,7-8,10,12,16,19H,5-6,9H2,1-2H3. The average Bonchev–Trinajstić information content (AvgIpc) is 2.75. The molecule has 0 amide bonds. The van der Waals surface area contributed by atoms with Crippen molar-refractivity contribution in [2.75, 3.05) is 6.61 Å². The van der Waals surface area contributed by atoms with Crippen molar-refractivity contribution < 1.29 is 5.11 Å². The number of halogens is 1. The maximum Gasteiger partial charge on any atom is 0.137 e. The maximum absolute atomic E-state index is 9.32. The number of aliphatic hydroxyl groups excluding tert-OH is 1. The number of aliphatic hydroxyl groups is 1. The van der Waals surface area contributed by atoms with Gasteiger partial charge in [-0.25, -0.2) is 4.98 Å². The minimum atomic E-state index is 0.119. The average molecular weight is 282 g/mol. The summed E-state index contributed by atoms with van der Waals surface area (Å²) in [6.45, 7) is 5.10. The van der Waals surface area contributed by atoms with Crippen LogP contribution in [0.2, 0.25) is 5.02 Å². The minimum absolute atomic E-state index is 0.119. The summed E-state index contributed by atoms with van der Waals surface area (Å²) >= 11 is 5.94. The number of hydrogen-bond acceptors (Lipinski definition) is 3. The van der Waals surface area contributed by atoms with Gasteiger partial charge in [0.2, 0.25) is 0 Å². The zero-order chi connectivity index (χ0) is 13.8. The molecule has 0 fully saturated rings. The van der Waals surface area contributed by atoms with Crippen LogP contribution < -0.4 is 5.32 Å². The molecule has 2 N–H and O–H groups in total. The number of aromatic nitrogens is 2. The van der Waals surface area contributed by atoms with Gasteiger partial charge >= 0.3 is 0 Å². The molecule has 5 heteroatoms. The highest BCUT2D eigenvalue weighted by molar-refractivity contribution is 6.30. The summed E-state index contributed by atoms with van der Waals surface area (Å²) in [6.07, 6.45) is 4.75. The highest BCUT2D eigenvalue weighted by Crippen LogP contribution is 2.12. The van der Waals surface area contributed by atoms with Crippen molar-refractivity contribution in [1.29, 1.82) is 0 Å². The van der Waals surface area contributed by atoms with Crippen LogP contribution in [0, 0.1) is 5.92 Å². The molecule has 1 unspecified atom stereocenters. The summed E-state index contributed by atoms with van der Waals surface area (Å²) < 4.78 is 1.91. The Morgan fingerprint density at radius 2 is 2.16 bits per heavy atom. The van der Waals surface area contributed by atoms with Crippen molar-refractivity contribution >= 4 is 17.2 Å². The van der Waals surface area contributed by atoms with Crippen LogP contribution >= 0.6 is 11.6 Å². The predicted molar refractivity (Wildman–Crippen MR) is 77.4 cm³/mol. The lowest BCUT2D eigenvalue weighted by Crippen LogP contribution is -2.33. The van der Waals surface area contributed by atoms with Crippen molar-refractivity contribution in [1.82, 2.24) is 14.7 Å². The van der Waals surface area contributed by atoms with Crippen LogP contribution in [0.4, 0.5) is 0 Å². The maximum atomic E-state index is 9.32. The number of hydrogen-bond donors (Lipinski definition) is 2. The normalized spacial score (nSPS) is 13.3. The summed E-state index contributed by atoms with van der Waals surface area (Å²) in [4.78, 5) is 4.50. The van der Waals surface area contributed by atoms with Gasteiger partial charge in [-0.2, -0.15) is 0 Å². The van der Waals surface area contributed by atoms with Crippen molar-refractivity contribution in [2.24, 2.45) is 5.92 Å². The molecule has 0 radical (unpaired) electrons. The molecule has 0 aliphatic heterocycles. The third kappa shape index (κ3) is 3.93. The predicted octanol–water partition coefficient (Wildman–Crippen LogP) is 2.48. The first-order valence-electron chi connectivity index (χ1n) is 6.56. The second kappa shape index (κ2) is 6.37. The zero-order valence-electron chi connectivity index (χ0n) is 11.3. The fraction of sp³-hybridized carbons (Fsp3) is 0.500.